The summed E-state index contributed by atoms with van der Waals surface area (Å²) >= 11 is -6.74. The SMILES string of the molecule is O.O.O.O.O.O.O.O.O=S1(=O)[O][Al]([O]S(=O)(=O)[O][Al]2[O]S(=O)(=O)[O]2)[O]1. The molecule has 25 heteroatoms. The molecule has 0 atom stereocenters. The van der Waals surface area contributed by atoms with Gasteiger partial charge < -0.3 is 63.2 Å². The molecule has 2 fully saturated rings. The maximum absolute atomic E-state index is 11.0. The Morgan fingerprint density at radius 3 is 0.920 bits per heavy atom. The van der Waals surface area contributed by atoms with E-state index >= 15 is 0 Å². The van der Waals surface area contributed by atoms with Crippen molar-refractivity contribution < 1.29 is 88.5 Å². The van der Waals surface area contributed by atoms with Gasteiger partial charge in [0, 0.05) is 0 Å². The molecule has 20 nitrogen and oxygen atoms in total. The summed E-state index contributed by atoms with van der Waals surface area (Å²) in [6, 6.07) is 0. The van der Waals surface area contributed by atoms with Crippen molar-refractivity contribution in [3.8, 4) is 0 Å². The Balaban J connectivity index is -0.0000000810. The normalized spacial score (nSPS) is 17.8. The summed E-state index contributed by atoms with van der Waals surface area (Å²) in [6.45, 7) is 0. The minimum absolute atomic E-state index is 0. The number of rotatable bonds is 4. The molecular weight excluding hydrogens is 470 g/mol. The fourth-order valence-electron chi connectivity index (χ4n) is 0.679. The van der Waals surface area contributed by atoms with Crippen LogP contribution in [0.4, 0.5) is 0 Å². The molecule has 0 aromatic carbocycles. The number of hydrogen-bond donors (Lipinski definition) is 0. The molecule has 2 saturated heterocycles. The Morgan fingerprint density at radius 2 is 0.760 bits per heavy atom. The van der Waals surface area contributed by atoms with Crippen molar-refractivity contribution in [1.29, 1.82) is 0 Å². The van der Waals surface area contributed by atoms with Crippen LogP contribution in [0, 0.1) is 0 Å². The van der Waals surface area contributed by atoms with Gasteiger partial charge in [-0.3, -0.25) is 0 Å². The highest BCUT2D eigenvalue weighted by atomic mass is 32.3. The molecule has 0 bridgehead atoms. The van der Waals surface area contributed by atoms with Crippen molar-refractivity contribution in [2.24, 2.45) is 0 Å². The Kier molecular flexibility index (Phi) is 25.7. The maximum Gasteiger partial charge on any atom is 0.956 e. The van der Waals surface area contributed by atoms with Gasteiger partial charge in [0.15, 0.2) is 0 Å². The maximum atomic E-state index is 11.0. The Morgan fingerprint density at radius 1 is 0.560 bits per heavy atom. The van der Waals surface area contributed by atoms with Gasteiger partial charge in [-0.2, -0.15) is 25.3 Å². The van der Waals surface area contributed by atoms with Crippen LogP contribution in [0.25, 0.3) is 0 Å². The standard InChI is InChI=1S/2Al.3H2O4S.8H2O/c;;3*1-5(2,3)4;;;;;;;;/h;;3*(H2,1,2,3,4);8*1H2/q2*+3;;;;;;;;;;;/p-6. The third-order valence-corrected chi connectivity index (χ3v) is 10.6. The van der Waals surface area contributed by atoms with Gasteiger partial charge in [-0.25, -0.2) is 0 Å². The van der Waals surface area contributed by atoms with Crippen LogP contribution in [-0.2, 0) is 50.6 Å². The van der Waals surface area contributed by atoms with Crippen molar-refractivity contribution in [3.63, 3.8) is 0 Å². The first-order valence-corrected chi connectivity index (χ1v) is 10.2. The zero-order valence-corrected chi connectivity index (χ0v) is 16.0. The van der Waals surface area contributed by atoms with E-state index in [4.69, 9.17) is 0 Å². The van der Waals surface area contributed by atoms with Crippen molar-refractivity contribution in [3.05, 3.63) is 0 Å². The molecule has 16 N–H and O–H groups in total. The summed E-state index contributed by atoms with van der Waals surface area (Å²) in [5.41, 5.74) is 0. The molecular formula is H16Al2O20S3. The van der Waals surface area contributed by atoms with Crippen LogP contribution >= 0.6 is 0 Å². The Labute approximate surface area is 150 Å². The fraction of sp³-hybridized carbons (Fsp3) is 0. The highest BCUT2D eigenvalue weighted by molar-refractivity contribution is 7.88. The molecule has 0 spiro atoms. The molecule has 2 rings (SSSR count). The lowest BCUT2D eigenvalue weighted by Gasteiger charge is -2.22. The van der Waals surface area contributed by atoms with Crippen molar-refractivity contribution in [2.75, 3.05) is 0 Å². The van der Waals surface area contributed by atoms with E-state index in [1.54, 1.807) is 0 Å². The van der Waals surface area contributed by atoms with E-state index in [0.717, 1.165) is 0 Å². The van der Waals surface area contributed by atoms with E-state index in [1.165, 1.54) is 0 Å². The van der Waals surface area contributed by atoms with Gasteiger partial charge in [0.25, 0.3) is 0 Å². The average Bonchev–Trinajstić information content (AvgIpc) is 1.94. The first-order chi connectivity index (χ1) is 7.57. The van der Waals surface area contributed by atoms with E-state index in [1.807, 2.05) is 0 Å². The summed E-state index contributed by atoms with van der Waals surface area (Å²) in [7, 11) is -13.1. The largest absolute Gasteiger partial charge is 0.956 e. The first-order valence-electron chi connectivity index (χ1n) is 3.41. The lowest BCUT2D eigenvalue weighted by atomic mass is 15.6. The van der Waals surface area contributed by atoms with Gasteiger partial charge in [-0.15, -0.1) is 0 Å². The lowest BCUT2D eigenvalue weighted by Crippen LogP contribution is -2.48. The van der Waals surface area contributed by atoms with E-state index in [-0.39, 0.29) is 43.8 Å². The summed E-state index contributed by atoms with van der Waals surface area (Å²) < 4.78 is 87.1. The van der Waals surface area contributed by atoms with E-state index < -0.39 is 61.5 Å². The summed E-state index contributed by atoms with van der Waals surface area (Å²) in [6.07, 6.45) is 0. The van der Waals surface area contributed by atoms with Gasteiger partial charge in [-0.1, -0.05) is 0 Å². The molecule has 0 aromatic heterocycles. The zero-order chi connectivity index (χ0) is 12.9. The lowest BCUT2D eigenvalue weighted by molar-refractivity contribution is 0.188. The highest BCUT2D eigenvalue weighted by Crippen LogP contribution is 2.21. The molecule has 0 radical (unpaired) electrons. The third kappa shape index (κ3) is 13.2. The molecule has 25 heavy (non-hydrogen) atoms. The molecule has 2 aliphatic heterocycles. The van der Waals surface area contributed by atoms with Crippen molar-refractivity contribution in [2.45, 2.75) is 0 Å². The van der Waals surface area contributed by atoms with Crippen molar-refractivity contribution >= 4 is 61.5 Å². The second-order valence-electron chi connectivity index (χ2n) is 2.38. The minimum atomic E-state index is -4.71. The second-order valence-corrected chi connectivity index (χ2v) is 10.6. The van der Waals surface area contributed by atoms with Crippen molar-refractivity contribution in [1.82, 2.24) is 0 Å². The van der Waals surface area contributed by atoms with Crippen LogP contribution in [-0.4, -0.2) is 99.4 Å². The van der Waals surface area contributed by atoms with Gasteiger partial charge in [0.05, 0.1) is 0 Å². The molecule has 0 unspecified atom stereocenters. The van der Waals surface area contributed by atoms with Crippen LogP contribution in [0.2, 0.25) is 0 Å². The molecule has 0 amide bonds. The summed E-state index contributed by atoms with van der Waals surface area (Å²) in [5, 5.41) is 0. The molecule has 2 aliphatic rings. The van der Waals surface area contributed by atoms with Gasteiger partial charge in [-0.05, 0) is 0 Å². The topological polar surface area (TPSA) is 410 Å². The monoisotopic (exact) mass is 486 g/mol. The number of hydrogen-bond acceptors (Lipinski definition) is 12. The third-order valence-electron chi connectivity index (χ3n) is 1.18. The van der Waals surface area contributed by atoms with Crippen LogP contribution < -0.4 is 0 Å². The van der Waals surface area contributed by atoms with E-state index in [0.29, 0.717) is 0 Å². The highest BCUT2D eigenvalue weighted by Gasteiger charge is 2.60. The predicted octanol–water partition coefficient (Wildman–Crippen LogP) is -9.78. The fourth-order valence-corrected chi connectivity index (χ4v) is 7.67. The zero-order valence-electron chi connectivity index (χ0n) is 11.3. The molecule has 2 heterocycles. The smallest absolute Gasteiger partial charge is 0.412 e. The molecule has 0 saturated carbocycles. The predicted molar refractivity (Wildman–Crippen MR) is 73.7 cm³/mol. The van der Waals surface area contributed by atoms with Gasteiger partial charge >= 0.3 is 61.5 Å². The minimum Gasteiger partial charge on any atom is -0.412 e. The average molecular weight is 486 g/mol. The summed E-state index contributed by atoms with van der Waals surface area (Å²) in [5.74, 6) is 0. The molecule has 160 valence electrons. The van der Waals surface area contributed by atoms with Gasteiger partial charge in [0.1, 0.15) is 0 Å². The quantitative estimate of drug-likeness (QED) is 0.334. The molecule has 0 aliphatic carbocycles. The van der Waals surface area contributed by atoms with E-state index in [2.05, 4.69) is 19.4 Å². The Hall–Kier alpha value is 0.355. The van der Waals surface area contributed by atoms with Gasteiger partial charge in [0.2, 0.25) is 0 Å². The molecule has 0 aromatic rings. The Bertz CT molecular complexity index is 536. The van der Waals surface area contributed by atoms with Crippen LogP contribution in [0.5, 0.6) is 0 Å². The van der Waals surface area contributed by atoms with E-state index in [9.17, 15) is 25.3 Å². The first kappa shape index (κ1) is 44.6. The second kappa shape index (κ2) is 14.4. The summed E-state index contributed by atoms with van der Waals surface area (Å²) in [4.78, 5) is 0. The van der Waals surface area contributed by atoms with Crippen LogP contribution in [0.15, 0.2) is 0 Å². The van der Waals surface area contributed by atoms with Crippen LogP contribution in [0.1, 0.15) is 0 Å². The van der Waals surface area contributed by atoms with Crippen LogP contribution in [0.3, 0.4) is 0 Å².